The third-order valence-electron chi connectivity index (χ3n) is 13.7. The number of aliphatic hydroxyl groups is 1. The molecule has 0 saturated heterocycles. The first kappa shape index (κ1) is 24.8. The maximum atomic E-state index is 12.3. The summed E-state index contributed by atoms with van der Waals surface area (Å²) >= 11 is 0. The molecule has 3 heteroatoms. The van der Waals surface area contributed by atoms with Crippen LogP contribution >= 0.6 is 0 Å². The Labute approximate surface area is 208 Å². The summed E-state index contributed by atoms with van der Waals surface area (Å²) in [5.41, 5.74) is 1.48. The molecule has 0 aromatic heterocycles. The molecule has 0 amide bonds. The lowest BCUT2D eigenvalue weighted by molar-refractivity contribution is -0.332. The van der Waals surface area contributed by atoms with Gasteiger partial charge in [0.2, 0.25) is 0 Å². The molecule has 0 radical (unpaired) electrons. The van der Waals surface area contributed by atoms with Crippen LogP contribution < -0.4 is 5.11 Å². The van der Waals surface area contributed by atoms with Crippen molar-refractivity contribution in [3.63, 3.8) is 0 Å². The second-order valence-corrected chi connectivity index (χ2v) is 14.6. The van der Waals surface area contributed by atoms with Crippen LogP contribution in [0, 0.1) is 56.7 Å². The molecule has 34 heavy (non-hydrogen) atoms. The number of hydrogen-bond donors (Lipinski definition) is 1. The minimum atomic E-state index is -1.08. The van der Waals surface area contributed by atoms with Gasteiger partial charge in [-0.2, -0.15) is 0 Å². The number of fused-ring (bicyclic) bond motifs is 2. The summed E-state index contributed by atoms with van der Waals surface area (Å²) in [6, 6.07) is 0. The molecule has 0 aliphatic heterocycles. The summed E-state index contributed by atoms with van der Waals surface area (Å²) in [5, 5.41) is 23.1. The molecule has 5 aliphatic carbocycles. The third-order valence-corrected chi connectivity index (χ3v) is 13.7. The van der Waals surface area contributed by atoms with E-state index >= 15 is 0 Å². The van der Waals surface area contributed by atoms with Crippen LogP contribution in [-0.2, 0) is 4.79 Å². The fourth-order valence-corrected chi connectivity index (χ4v) is 11.2. The Kier molecular flexibility index (Phi) is 5.55. The zero-order valence-electron chi connectivity index (χ0n) is 22.7. The van der Waals surface area contributed by atoms with Gasteiger partial charge in [-0.25, -0.2) is 0 Å². The average molecular weight is 470 g/mol. The first-order valence-electron chi connectivity index (χ1n) is 14.4. The second kappa shape index (κ2) is 7.59. The minimum Gasteiger partial charge on any atom is -0.549 e. The van der Waals surface area contributed by atoms with Crippen molar-refractivity contribution < 1.29 is 15.0 Å². The van der Waals surface area contributed by atoms with Crippen LogP contribution in [0.25, 0.3) is 0 Å². The number of carboxylic acids is 1. The van der Waals surface area contributed by atoms with Gasteiger partial charge in [-0.05, 0) is 122 Å². The first-order chi connectivity index (χ1) is 15.8. The van der Waals surface area contributed by atoms with E-state index in [4.69, 9.17) is 0 Å². The Hall–Kier alpha value is -0.830. The minimum absolute atomic E-state index is 0.0797. The lowest BCUT2D eigenvalue weighted by Crippen LogP contribution is -2.62. The molecule has 1 N–H and O–H groups in total. The smallest absolute Gasteiger partial charge is 0.0649 e. The van der Waals surface area contributed by atoms with Gasteiger partial charge in [-0.15, -0.1) is 0 Å². The molecule has 3 nitrogen and oxygen atoms in total. The summed E-state index contributed by atoms with van der Waals surface area (Å²) < 4.78 is 0. The Morgan fingerprint density at radius 3 is 2.24 bits per heavy atom. The Balaban J connectivity index is 1.41. The molecular weight excluding hydrogens is 420 g/mol. The molecule has 0 heterocycles. The zero-order chi connectivity index (χ0) is 24.9. The predicted molar refractivity (Wildman–Crippen MR) is 135 cm³/mol. The zero-order valence-corrected chi connectivity index (χ0v) is 22.7. The van der Waals surface area contributed by atoms with Crippen LogP contribution in [0.2, 0.25) is 0 Å². The predicted octanol–water partition coefficient (Wildman–Crippen LogP) is 6.14. The molecule has 192 valence electrons. The van der Waals surface area contributed by atoms with Crippen molar-refractivity contribution in [2.24, 2.45) is 56.7 Å². The van der Waals surface area contributed by atoms with E-state index in [1.807, 2.05) is 0 Å². The molecule has 0 aromatic rings. The maximum absolute atomic E-state index is 12.3. The number of carboxylic acid groups (broad SMARTS) is 1. The molecule has 5 saturated carbocycles. The summed E-state index contributed by atoms with van der Waals surface area (Å²) in [6.07, 6.45) is 11.8. The van der Waals surface area contributed by atoms with E-state index in [0.29, 0.717) is 34.5 Å². The van der Waals surface area contributed by atoms with Crippen molar-refractivity contribution in [2.45, 2.75) is 118 Å². The summed E-state index contributed by atoms with van der Waals surface area (Å²) in [6.45, 7) is 18.4. The maximum Gasteiger partial charge on any atom is 0.0649 e. The molecule has 5 rings (SSSR count). The highest BCUT2D eigenvalue weighted by atomic mass is 16.4. The molecule has 5 fully saturated rings. The SMILES string of the molecule is C=C(CC[C@@H](C)[C@H]1CC[C@@]2(C)[C@@H]3CC[C@H]4[C@](C)(C(=O)[O-])[C@@H](O)CC[C@@]45C[C@@]35CC[C@]12C)C(C)C. The van der Waals surface area contributed by atoms with Crippen molar-refractivity contribution in [3.05, 3.63) is 12.2 Å². The van der Waals surface area contributed by atoms with E-state index in [0.717, 1.165) is 37.5 Å². The van der Waals surface area contributed by atoms with Crippen molar-refractivity contribution >= 4 is 5.97 Å². The summed E-state index contributed by atoms with van der Waals surface area (Å²) in [5.74, 6) is 1.86. The molecule has 0 bridgehead atoms. The highest BCUT2D eigenvalue weighted by molar-refractivity contribution is 5.74. The van der Waals surface area contributed by atoms with Gasteiger partial charge < -0.3 is 15.0 Å². The standard InChI is InChI=1S/C31H50O3/c1-19(2)20(3)8-9-21(4)22-12-14-28(6)23-10-11-24-29(7,26(33)34)25(32)13-15-30(24)18-31(23,30)17-16-27(22,28)5/h19,21-25,32H,3,8-18H2,1-2,4-7H3,(H,33,34)/p-1/t21-,22-,23+,24+,25+,27-,28+,29+,30-,31+/m1/s1. The van der Waals surface area contributed by atoms with Crippen LogP contribution in [0.15, 0.2) is 12.2 Å². The molecule has 0 aromatic carbocycles. The van der Waals surface area contributed by atoms with Gasteiger partial charge in [0, 0.05) is 5.41 Å². The Morgan fingerprint density at radius 1 is 0.941 bits per heavy atom. The van der Waals surface area contributed by atoms with Gasteiger partial charge in [-0.1, -0.05) is 53.7 Å². The van der Waals surface area contributed by atoms with Gasteiger partial charge in [0.15, 0.2) is 0 Å². The van der Waals surface area contributed by atoms with Gasteiger partial charge in [0.25, 0.3) is 0 Å². The van der Waals surface area contributed by atoms with Gasteiger partial charge in [0.05, 0.1) is 12.1 Å². The molecular formula is C31H49O3-. The van der Waals surface area contributed by atoms with E-state index in [1.54, 1.807) is 6.92 Å². The van der Waals surface area contributed by atoms with Crippen molar-refractivity contribution in [1.82, 2.24) is 0 Å². The highest BCUT2D eigenvalue weighted by Gasteiger charge is 2.82. The quantitative estimate of drug-likeness (QED) is 0.475. The number of hydrogen-bond acceptors (Lipinski definition) is 3. The van der Waals surface area contributed by atoms with Crippen molar-refractivity contribution in [2.75, 3.05) is 0 Å². The first-order valence-corrected chi connectivity index (χ1v) is 14.4. The molecule has 2 spiro atoms. The number of aliphatic hydroxyl groups excluding tert-OH is 1. The fraction of sp³-hybridized carbons (Fsp3) is 0.903. The topological polar surface area (TPSA) is 60.4 Å². The van der Waals surface area contributed by atoms with Crippen LogP contribution in [0.1, 0.15) is 112 Å². The molecule has 0 unspecified atom stereocenters. The van der Waals surface area contributed by atoms with Crippen LogP contribution in [0.3, 0.4) is 0 Å². The fourth-order valence-electron chi connectivity index (χ4n) is 11.2. The van der Waals surface area contributed by atoms with E-state index in [9.17, 15) is 15.0 Å². The Morgan fingerprint density at radius 2 is 1.59 bits per heavy atom. The molecule has 5 aliphatic rings. The Bertz CT molecular complexity index is 878. The average Bonchev–Trinajstić information content (AvgIpc) is 3.36. The van der Waals surface area contributed by atoms with E-state index in [1.165, 1.54) is 44.1 Å². The van der Waals surface area contributed by atoms with Gasteiger partial charge in [0.1, 0.15) is 0 Å². The molecule has 10 atom stereocenters. The van der Waals surface area contributed by atoms with Crippen molar-refractivity contribution in [1.29, 1.82) is 0 Å². The number of carbonyl (C=O) groups is 1. The van der Waals surface area contributed by atoms with Crippen LogP contribution in [0.4, 0.5) is 0 Å². The van der Waals surface area contributed by atoms with Crippen LogP contribution in [0.5, 0.6) is 0 Å². The van der Waals surface area contributed by atoms with Crippen molar-refractivity contribution in [3.8, 4) is 0 Å². The monoisotopic (exact) mass is 469 g/mol. The second-order valence-electron chi connectivity index (χ2n) is 14.6. The number of rotatable bonds is 6. The van der Waals surface area contributed by atoms with E-state index in [2.05, 4.69) is 41.2 Å². The lowest BCUT2D eigenvalue weighted by atomic mass is 9.41. The van der Waals surface area contributed by atoms with E-state index in [-0.39, 0.29) is 11.3 Å². The largest absolute Gasteiger partial charge is 0.549 e. The van der Waals surface area contributed by atoms with Gasteiger partial charge >= 0.3 is 0 Å². The van der Waals surface area contributed by atoms with Crippen LogP contribution in [-0.4, -0.2) is 17.2 Å². The normalized spacial score (nSPS) is 52.2. The number of allylic oxidation sites excluding steroid dienone is 1. The lowest BCUT2D eigenvalue weighted by Gasteiger charge is -2.63. The summed E-state index contributed by atoms with van der Waals surface area (Å²) in [7, 11) is 0. The number of aliphatic carboxylic acids is 1. The summed E-state index contributed by atoms with van der Waals surface area (Å²) in [4.78, 5) is 12.3. The highest BCUT2D eigenvalue weighted by Crippen LogP contribution is 2.89. The van der Waals surface area contributed by atoms with Gasteiger partial charge in [-0.3, -0.25) is 0 Å². The van der Waals surface area contributed by atoms with E-state index < -0.39 is 17.5 Å². The third kappa shape index (κ3) is 2.83. The number of carbonyl (C=O) groups excluding carboxylic acids is 1.